The van der Waals surface area contributed by atoms with Crippen molar-refractivity contribution in [1.29, 1.82) is 0 Å². The van der Waals surface area contributed by atoms with E-state index in [4.69, 9.17) is 17.3 Å². The van der Waals surface area contributed by atoms with Gasteiger partial charge >= 0.3 is 0 Å². The molecule has 0 aromatic heterocycles. The molecule has 0 aliphatic carbocycles. The summed E-state index contributed by atoms with van der Waals surface area (Å²) in [5.74, 6) is 0. The van der Waals surface area contributed by atoms with Crippen molar-refractivity contribution in [3.05, 3.63) is 22.7 Å². The summed E-state index contributed by atoms with van der Waals surface area (Å²) >= 11 is 6.02. The summed E-state index contributed by atoms with van der Waals surface area (Å²) < 4.78 is 27.1. The highest BCUT2D eigenvalue weighted by Crippen LogP contribution is 2.26. The molecular weight excluding hydrogens is 310 g/mol. The van der Waals surface area contributed by atoms with Crippen molar-refractivity contribution in [2.45, 2.75) is 32.1 Å². The highest BCUT2D eigenvalue weighted by molar-refractivity contribution is 7.89. The molecule has 120 valence electrons. The first-order valence-corrected chi connectivity index (χ1v) is 8.95. The molecule has 3 N–H and O–H groups in total. The van der Waals surface area contributed by atoms with Gasteiger partial charge in [-0.05, 0) is 44.1 Å². The van der Waals surface area contributed by atoms with Crippen LogP contribution in [0.3, 0.4) is 0 Å². The monoisotopic (exact) mass is 333 g/mol. The van der Waals surface area contributed by atoms with Gasteiger partial charge in [-0.25, -0.2) is 13.1 Å². The second-order valence-electron chi connectivity index (χ2n) is 4.97. The van der Waals surface area contributed by atoms with Crippen LogP contribution in [0.2, 0.25) is 5.02 Å². The molecule has 0 amide bonds. The van der Waals surface area contributed by atoms with Crippen molar-refractivity contribution < 1.29 is 8.42 Å². The first-order chi connectivity index (χ1) is 9.81. The van der Waals surface area contributed by atoms with Crippen LogP contribution in [0.15, 0.2) is 17.0 Å². The number of hydrogen-bond donors (Lipinski definition) is 2. The normalized spacial score (nSPS) is 12.0. The average Bonchev–Trinajstić information content (AvgIpc) is 2.41. The fourth-order valence-electron chi connectivity index (χ4n) is 2.03. The number of halogens is 1. The zero-order valence-electron chi connectivity index (χ0n) is 12.8. The molecule has 0 bridgehead atoms. The summed E-state index contributed by atoms with van der Waals surface area (Å²) in [7, 11) is -3.64. The summed E-state index contributed by atoms with van der Waals surface area (Å²) in [6, 6.07) is 2.98. The molecule has 21 heavy (non-hydrogen) atoms. The Kier molecular flexibility index (Phi) is 6.93. The van der Waals surface area contributed by atoms with E-state index in [0.29, 0.717) is 18.8 Å². The van der Waals surface area contributed by atoms with Crippen molar-refractivity contribution in [1.82, 2.24) is 9.62 Å². The summed E-state index contributed by atoms with van der Waals surface area (Å²) in [4.78, 5) is 2.22. The maximum absolute atomic E-state index is 12.3. The van der Waals surface area contributed by atoms with Crippen molar-refractivity contribution in [3.63, 3.8) is 0 Å². The first-order valence-electron chi connectivity index (χ1n) is 7.09. The first kappa shape index (κ1) is 18.2. The van der Waals surface area contributed by atoms with Crippen LogP contribution in [0.25, 0.3) is 0 Å². The number of anilines is 1. The van der Waals surface area contributed by atoms with Gasteiger partial charge < -0.3 is 10.6 Å². The Hall–Kier alpha value is -0.820. The molecular formula is C14H24ClN3O2S. The molecule has 0 fully saturated rings. The van der Waals surface area contributed by atoms with E-state index >= 15 is 0 Å². The van der Waals surface area contributed by atoms with Crippen molar-refractivity contribution in [2.24, 2.45) is 0 Å². The number of nitrogens with two attached hydrogens (primary N) is 1. The molecule has 0 spiro atoms. The molecule has 0 radical (unpaired) electrons. The van der Waals surface area contributed by atoms with E-state index in [1.807, 2.05) is 0 Å². The van der Waals surface area contributed by atoms with E-state index < -0.39 is 10.0 Å². The van der Waals surface area contributed by atoms with Gasteiger partial charge in [-0.15, -0.1) is 0 Å². The van der Waals surface area contributed by atoms with Gasteiger partial charge in [0.2, 0.25) is 10.0 Å². The SMILES string of the molecule is CCCN(CC)CCNS(=O)(=O)c1cc(N)c(C)cc1Cl. The molecule has 5 nitrogen and oxygen atoms in total. The zero-order valence-corrected chi connectivity index (χ0v) is 14.4. The van der Waals surface area contributed by atoms with Gasteiger partial charge in [0.1, 0.15) is 4.90 Å². The largest absolute Gasteiger partial charge is 0.398 e. The molecule has 1 aromatic carbocycles. The number of sulfonamides is 1. The average molecular weight is 334 g/mol. The molecule has 0 unspecified atom stereocenters. The number of rotatable bonds is 8. The fourth-order valence-corrected chi connectivity index (χ4v) is 3.67. The maximum atomic E-state index is 12.3. The molecule has 1 rings (SSSR count). The lowest BCUT2D eigenvalue weighted by Gasteiger charge is -2.19. The number of nitrogens with zero attached hydrogens (tertiary/aromatic N) is 1. The van der Waals surface area contributed by atoms with Gasteiger partial charge in [0.05, 0.1) is 5.02 Å². The minimum absolute atomic E-state index is 0.0332. The fraction of sp³-hybridized carbons (Fsp3) is 0.571. The summed E-state index contributed by atoms with van der Waals surface area (Å²) in [6.45, 7) is 8.81. The van der Waals surface area contributed by atoms with E-state index in [0.717, 1.165) is 25.1 Å². The van der Waals surface area contributed by atoms with Gasteiger partial charge in [-0.2, -0.15) is 0 Å². The van der Waals surface area contributed by atoms with Crippen LogP contribution in [0.4, 0.5) is 5.69 Å². The van der Waals surface area contributed by atoms with Gasteiger partial charge in [0, 0.05) is 18.8 Å². The van der Waals surface area contributed by atoms with E-state index in [1.165, 1.54) is 6.07 Å². The molecule has 0 aliphatic rings. The van der Waals surface area contributed by atoms with Crippen LogP contribution in [-0.4, -0.2) is 39.5 Å². The van der Waals surface area contributed by atoms with E-state index in [1.54, 1.807) is 13.0 Å². The Balaban J connectivity index is 2.76. The predicted octanol–water partition coefficient (Wildman–Crippen LogP) is 2.24. The third kappa shape index (κ3) is 5.14. The molecule has 0 atom stereocenters. The second kappa shape index (κ2) is 7.98. The number of likely N-dealkylation sites (N-methyl/N-ethyl adjacent to an activating group) is 1. The predicted molar refractivity (Wildman–Crippen MR) is 88.2 cm³/mol. The number of hydrogen-bond acceptors (Lipinski definition) is 4. The molecule has 1 aromatic rings. The van der Waals surface area contributed by atoms with Gasteiger partial charge in [-0.3, -0.25) is 0 Å². The Labute approximate surface area is 132 Å². The van der Waals surface area contributed by atoms with Crippen LogP contribution in [-0.2, 0) is 10.0 Å². The Morgan fingerprint density at radius 1 is 1.29 bits per heavy atom. The van der Waals surface area contributed by atoms with E-state index in [2.05, 4.69) is 23.5 Å². The molecule has 0 saturated carbocycles. The Bertz CT molecular complexity index is 576. The van der Waals surface area contributed by atoms with Crippen molar-refractivity contribution >= 4 is 27.3 Å². The third-order valence-corrected chi connectivity index (χ3v) is 5.24. The van der Waals surface area contributed by atoms with E-state index in [-0.39, 0.29) is 9.92 Å². The summed E-state index contributed by atoms with van der Waals surface area (Å²) in [5.41, 5.74) is 6.95. The topological polar surface area (TPSA) is 75.4 Å². The van der Waals surface area contributed by atoms with Crippen LogP contribution < -0.4 is 10.5 Å². The summed E-state index contributed by atoms with van der Waals surface area (Å²) in [5, 5.41) is 0.190. The minimum Gasteiger partial charge on any atom is -0.398 e. The lowest BCUT2D eigenvalue weighted by atomic mass is 10.2. The Morgan fingerprint density at radius 2 is 1.95 bits per heavy atom. The van der Waals surface area contributed by atoms with Gasteiger partial charge in [-0.1, -0.05) is 25.4 Å². The molecule has 0 saturated heterocycles. The third-order valence-electron chi connectivity index (χ3n) is 3.32. The molecule has 0 heterocycles. The van der Waals surface area contributed by atoms with Gasteiger partial charge in [0.15, 0.2) is 0 Å². The number of nitrogen functional groups attached to an aromatic ring is 1. The lowest BCUT2D eigenvalue weighted by molar-refractivity contribution is 0.293. The standard InChI is InChI=1S/C14H24ClN3O2S/c1-4-7-18(5-2)8-6-17-21(19,20)14-10-13(16)11(3)9-12(14)15/h9-10,17H,4-8,16H2,1-3H3. The van der Waals surface area contributed by atoms with Crippen molar-refractivity contribution in [3.8, 4) is 0 Å². The smallest absolute Gasteiger partial charge is 0.242 e. The second-order valence-corrected chi connectivity index (χ2v) is 7.11. The van der Waals surface area contributed by atoms with Crippen LogP contribution in [0.1, 0.15) is 25.8 Å². The number of benzene rings is 1. The van der Waals surface area contributed by atoms with Gasteiger partial charge in [0.25, 0.3) is 0 Å². The highest BCUT2D eigenvalue weighted by Gasteiger charge is 2.19. The molecule has 7 heteroatoms. The number of nitrogens with one attached hydrogen (secondary N) is 1. The number of aryl methyl sites for hydroxylation is 1. The molecule has 0 aliphatic heterocycles. The van der Waals surface area contributed by atoms with Crippen LogP contribution >= 0.6 is 11.6 Å². The highest BCUT2D eigenvalue weighted by atomic mass is 35.5. The van der Waals surface area contributed by atoms with Crippen LogP contribution in [0, 0.1) is 6.92 Å². The van der Waals surface area contributed by atoms with Crippen LogP contribution in [0.5, 0.6) is 0 Å². The van der Waals surface area contributed by atoms with E-state index in [9.17, 15) is 8.42 Å². The Morgan fingerprint density at radius 3 is 2.52 bits per heavy atom. The lowest BCUT2D eigenvalue weighted by Crippen LogP contribution is -2.35. The van der Waals surface area contributed by atoms with Crippen molar-refractivity contribution in [2.75, 3.05) is 31.9 Å². The quantitative estimate of drug-likeness (QED) is 0.715. The maximum Gasteiger partial charge on any atom is 0.242 e. The summed E-state index contributed by atoms with van der Waals surface area (Å²) in [6.07, 6.45) is 1.04. The minimum atomic E-state index is -3.64. The zero-order chi connectivity index (χ0) is 16.0.